The van der Waals surface area contributed by atoms with Crippen molar-refractivity contribution in [2.24, 2.45) is 0 Å². The first-order valence-electron chi connectivity index (χ1n) is 12.8. The fourth-order valence-corrected chi connectivity index (χ4v) is 4.68. The molecule has 0 amide bonds. The van der Waals surface area contributed by atoms with Crippen LogP contribution in [0.3, 0.4) is 0 Å². The highest BCUT2D eigenvalue weighted by Crippen LogP contribution is 2.19. The first kappa shape index (κ1) is 27.1. The zero-order valence-electron chi connectivity index (χ0n) is 22.1. The summed E-state index contributed by atoms with van der Waals surface area (Å²) in [5, 5.41) is 0. The van der Waals surface area contributed by atoms with Gasteiger partial charge in [-0.2, -0.15) is 19.2 Å². The molecule has 0 unspecified atom stereocenters. The molecule has 0 aliphatic carbocycles. The van der Waals surface area contributed by atoms with E-state index in [2.05, 4.69) is 24.1 Å². The summed E-state index contributed by atoms with van der Waals surface area (Å²) in [7, 11) is 0. The van der Waals surface area contributed by atoms with E-state index in [1.54, 1.807) is 97.3 Å². The summed E-state index contributed by atoms with van der Waals surface area (Å²) in [6, 6.07) is 34.0. The number of rotatable bonds is 8. The Morgan fingerprint density at radius 3 is 0.976 bits per heavy atom. The van der Waals surface area contributed by atoms with Gasteiger partial charge in [0.05, 0.1) is 44.5 Å². The molecule has 0 radical (unpaired) electrons. The van der Waals surface area contributed by atoms with E-state index in [0.717, 1.165) is 5.56 Å². The van der Waals surface area contributed by atoms with Gasteiger partial charge in [-0.1, -0.05) is 36.4 Å². The molecule has 0 aliphatic rings. The van der Waals surface area contributed by atoms with Gasteiger partial charge < -0.3 is 22.1 Å². The van der Waals surface area contributed by atoms with Crippen molar-refractivity contribution in [3.05, 3.63) is 194 Å². The van der Waals surface area contributed by atoms with E-state index in [9.17, 15) is 22.1 Å². The molecule has 0 fully saturated rings. The highest BCUT2D eigenvalue weighted by atomic mass is 14.9. The maximum Gasteiger partial charge on any atom is 0.329 e. The summed E-state index contributed by atoms with van der Waals surface area (Å²) in [4.78, 5) is 18.1. The number of aromatic nitrogens is 1. The number of hydrogen-bond donors (Lipinski definition) is 0. The third-order valence-electron chi connectivity index (χ3n) is 6.63. The second-order valence-corrected chi connectivity index (χ2v) is 9.14. The van der Waals surface area contributed by atoms with E-state index in [4.69, 9.17) is 0 Å². The van der Waals surface area contributed by atoms with Crippen molar-refractivity contribution in [2.45, 2.75) is 0 Å². The monoisotopic (exact) mass is 543 g/mol. The first-order chi connectivity index (χ1) is 20.7. The molecule has 0 N–H and O–H groups in total. The predicted molar refractivity (Wildman–Crippen MR) is 157 cm³/mol. The number of pyridine rings is 1. The van der Waals surface area contributed by atoms with Crippen LogP contribution in [-0.2, 0) is 0 Å². The molecule has 0 bridgehead atoms. The average molecular weight is 544 g/mol. The lowest BCUT2D eigenvalue weighted by atomic mass is 9.93. The van der Waals surface area contributed by atoms with E-state index < -0.39 is 0 Å². The lowest BCUT2D eigenvalue weighted by Gasteiger charge is -2.04. The molecule has 5 aromatic rings. The minimum absolute atomic E-state index is 0.260. The Morgan fingerprint density at radius 1 is 0.357 bits per heavy atom. The second kappa shape index (κ2) is 12.6. The van der Waals surface area contributed by atoms with Crippen molar-refractivity contribution in [1.82, 2.24) is 4.98 Å². The van der Waals surface area contributed by atoms with Gasteiger partial charge in [-0.15, -0.1) is 0 Å². The molecule has 198 valence electrons. The number of benzene rings is 4. The van der Waals surface area contributed by atoms with Crippen LogP contribution in [0.25, 0.3) is 22.1 Å². The van der Waals surface area contributed by atoms with E-state index in [-0.39, 0.29) is 11.4 Å². The Morgan fingerprint density at radius 2 is 0.643 bits per heavy atom. The standard InChI is InChI=1S/C33H21N9/c34-39-30(22-7-2-1-3-8-22)24-9-4-11-26(19-24)32(41-36)28-13-6-14-29(21-28)33(42-37)27-12-5-10-25(20-27)31(40-35)23-15-17-38-18-16-23/h1-21H. The zero-order valence-corrected chi connectivity index (χ0v) is 22.1. The van der Waals surface area contributed by atoms with Crippen LogP contribution in [0.5, 0.6) is 0 Å². The molecule has 1 aromatic heterocycles. The quantitative estimate of drug-likeness (QED) is 0.144. The van der Waals surface area contributed by atoms with Gasteiger partial charge in [0.25, 0.3) is 0 Å². The lowest BCUT2D eigenvalue weighted by molar-refractivity contribution is -0.00356. The minimum atomic E-state index is 0.260. The first-order valence-corrected chi connectivity index (χ1v) is 12.8. The van der Waals surface area contributed by atoms with Crippen LogP contribution in [0.15, 0.2) is 128 Å². The van der Waals surface area contributed by atoms with Gasteiger partial charge in [0.1, 0.15) is 0 Å². The van der Waals surface area contributed by atoms with E-state index in [1.807, 2.05) is 30.3 Å². The van der Waals surface area contributed by atoms with E-state index >= 15 is 0 Å². The topological polar surface area (TPSA) is 158 Å². The van der Waals surface area contributed by atoms with Gasteiger partial charge in [0.2, 0.25) is 0 Å². The highest BCUT2D eigenvalue weighted by molar-refractivity contribution is 6.16. The van der Waals surface area contributed by atoms with E-state index in [0.29, 0.717) is 50.4 Å². The van der Waals surface area contributed by atoms with Crippen LogP contribution in [0.4, 0.5) is 0 Å². The third kappa shape index (κ3) is 5.62. The van der Waals surface area contributed by atoms with Gasteiger partial charge >= 0.3 is 22.8 Å². The molecule has 9 nitrogen and oxygen atoms in total. The molecule has 0 aliphatic heterocycles. The second-order valence-electron chi connectivity index (χ2n) is 9.14. The molecular formula is C33H21N9. The normalized spacial score (nSPS) is 9.90. The Bertz CT molecular complexity index is 1850. The van der Waals surface area contributed by atoms with E-state index in [1.165, 1.54) is 0 Å². The Hall–Kier alpha value is -6.45. The fraction of sp³-hybridized carbons (Fsp3) is 0. The van der Waals surface area contributed by atoms with Crippen molar-refractivity contribution >= 4 is 22.8 Å². The van der Waals surface area contributed by atoms with Crippen LogP contribution in [0, 0.1) is 0 Å². The SMILES string of the molecule is [N-]=[N+]=C(c1ccccc1)c1cccc(C(=[N+]=[N-])c2cccc(C(=[N+]=[N-])c3cccc(C(=[N+]=[N-])c4ccncc4)c3)c2)c1. The van der Waals surface area contributed by atoms with Crippen LogP contribution in [-0.4, -0.2) is 47.0 Å². The summed E-state index contributed by atoms with van der Waals surface area (Å²) < 4.78 is 0. The predicted octanol–water partition coefficient (Wildman–Crippen LogP) is 5.35. The molecule has 5 rings (SSSR count). The molecule has 0 saturated carbocycles. The van der Waals surface area contributed by atoms with Crippen LogP contribution < -0.4 is 0 Å². The molecule has 42 heavy (non-hydrogen) atoms. The Kier molecular flexibility index (Phi) is 8.14. The summed E-state index contributed by atoms with van der Waals surface area (Å²) in [6.45, 7) is 0. The smallest absolute Gasteiger partial charge is 0.329 e. The summed E-state index contributed by atoms with van der Waals surface area (Å²) in [5.41, 5.74) is 45.7. The lowest BCUT2D eigenvalue weighted by Crippen LogP contribution is -2.12. The van der Waals surface area contributed by atoms with Crippen LogP contribution in [0.1, 0.15) is 44.5 Å². The van der Waals surface area contributed by atoms with Crippen molar-refractivity contribution in [3.8, 4) is 0 Å². The fourth-order valence-electron chi connectivity index (χ4n) is 4.68. The molecule has 9 heteroatoms. The van der Waals surface area contributed by atoms with Crippen molar-refractivity contribution in [2.75, 3.05) is 0 Å². The molecular weight excluding hydrogens is 522 g/mol. The maximum atomic E-state index is 10.1. The van der Waals surface area contributed by atoms with Crippen molar-refractivity contribution < 1.29 is 19.2 Å². The van der Waals surface area contributed by atoms with Crippen molar-refractivity contribution in [1.29, 1.82) is 0 Å². The van der Waals surface area contributed by atoms with Crippen molar-refractivity contribution in [3.63, 3.8) is 0 Å². The molecule has 4 aromatic carbocycles. The van der Waals surface area contributed by atoms with Crippen LogP contribution >= 0.6 is 0 Å². The van der Waals surface area contributed by atoms with Gasteiger partial charge in [-0.25, -0.2) is 0 Å². The highest BCUT2D eigenvalue weighted by Gasteiger charge is 2.24. The zero-order chi connectivity index (χ0) is 29.3. The largest absolute Gasteiger partial charge is 0.361 e. The summed E-state index contributed by atoms with van der Waals surface area (Å²) >= 11 is 0. The molecule has 0 spiro atoms. The third-order valence-corrected chi connectivity index (χ3v) is 6.63. The van der Waals surface area contributed by atoms with Crippen LogP contribution in [0.2, 0.25) is 0 Å². The molecule has 0 atom stereocenters. The van der Waals surface area contributed by atoms with Gasteiger partial charge in [-0.3, -0.25) is 4.98 Å². The van der Waals surface area contributed by atoms with Gasteiger partial charge in [-0.05, 0) is 78.9 Å². The molecule has 0 saturated heterocycles. The average Bonchev–Trinajstić information content (AvgIpc) is 3.04. The Balaban J connectivity index is 1.51. The molecule has 1 heterocycles. The summed E-state index contributed by atoms with van der Waals surface area (Å²) in [6.07, 6.45) is 3.21. The summed E-state index contributed by atoms with van der Waals surface area (Å²) in [5.74, 6) is 0. The maximum absolute atomic E-state index is 10.1. The minimum Gasteiger partial charge on any atom is -0.361 e. The number of nitrogens with zero attached hydrogens (tertiary/aromatic N) is 9. The van der Waals surface area contributed by atoms with Gasteiger partial charge in [0.15, 0.2) is 0 Å². The number of hydrogen-bond acceptors (Lipinski definition) is 1. The Labute approximate surface area is 241 Å². The van der Waals surface area contributed by atoms with Gasteiger partial charge in [0, 0.05) is 12.4 Å².